The van der Waals surface area contributed by atoms with Gasteiger partial charge in [0.15, 0.2) is 0 Å². The van der Waals surface area contributed by atoms with E-state index in [-0.39, 0.29) is 10.6 Å². The maximum absolute atomic E-state index is 12.7. The second-order valence-corrected chi connectivity index (χ2v) is 6.70. The Morgan fingerprint density at radius 2 is 1.72 bits per heavy atom. The number of aliphatic hydroxyl groups excluding tert-OH is 1. The van der Waals surface area contributed by atoms with Crippen LogP contribution >= 0.6 is 0 Å². The SMILES string of the molecule is N#C/C(=C(\O)Nc1cccc(C(F)(F)F)c1)S(=O)(=O)c1ccccc1. The lowest BCUT2D eigenvalue weighted by Gasteiger charge is -2.11. The number of hydrogen-bond donors (Lipinski definition) is 2. The molecule has 0 amide bonds. The summed E-state index contributed by atoms with van der Waals surface area (Å²) in [5.41, 5.74) is -1.21. The van der Waals surface area contributed by atoms with Gasteiger partial charge in [-0.15, -0.1) is 0 Å². The van der Waals surface area contributed by atoms with Crippen LogP contribution in [0.4, 0.5) is 18.9 Å². The van der Waals surface area contributed by atoms with Gasteiger partial charge in [-0.25, -0.2) is 8.42 Å². The van der Waals surface area contributed by atoms with E-state index in [0.717, 1.165) is 12.1 Å². The van der Waals surface area contributed by atoms with Crippen molar-refractivity contribution in [2.24, 2.45) is 0 Å². The molecule has 0 aromatic heterocycles. The van der Waals surface area contributed by atoms with Gasteiger partial charge in [-0.1, -0.05) is 24.3 Å². The summed E-state index contributed by atoms with van der Waals surface area (Å²) in [5, 5.41) is 21.1. The molecule has 25 heavy (non-hydrogen) atoms. The molecule has 2 N–H and O–H groups in total. The lowest BCUT2D eigenvalue weighted by atomic mass is 10.2. The average molecular weight is 368 g/mol. The number of allylic oxidation sites excluding steroid dienone is 1. The number of nitrogens with one attached hydrogen (secondary N) is 1. The smallest absolute Gasteiger partial charge is 0.416 e. The standard InChI is InChI=1S/C16H11F3N2O3S/c17-16(18,19)11-5-4-6-12(9-11)21-15(22)14(10-20)25(23,24)13-7-2-1-3-8-13/h1-9,21-22H/b15-14+. The van der Waals surface area contributed by atoms with Gasteiger partial charge < -0.3 is 10.4 Å². The predicted molar refractivity (Wildman–Crippen MR) is 84.0 cm³/mol. The normalized spacial score (nSPS) is 12.9. The summed E-state index contributed by atoms with van der Waals surface area (Å²) in [6.07, 6.45) is -4.61. The Bertz CT molecular complexity index is 947. The van der Waals surface area contributed by atoms with Crippen molar-refractivity contribution in [1.29, 1.82) is 5.26 Å². The van der Waals surface area contributed by atoms with Gasteiger partial charge in [-0.3, -0.25) is 0 Å². The Hall–Kier alpha value is -2.99. The van der Waals surface area contributed by atoms with Gasteiger partial charge in [0.1, 0.15) is 6.07 Å². The molecule has 0 heterocycles. The minimum atomic E-state index is -4.61. The van der Waals surface area contributed by atoms with Gasteiger partial charge in [0.05, 0.1) is 10.5 Å². The van der Waals surface area contributed by atoms with Crippen LogP contribution in [0.1, 0.15) is 5.56 Å². The molecular formula is C16H11F3N2O3S. The number of sulfone groups is 1. The predicted octanol–water partition coefficient (Wildman–Crippen LogP) is 3.84. The van der Waals surface area contributed by atoms with Crippen LogP contribution in [0.3, 0.4) is 0 Å². The summed E-state index contributed by atoms with van der Waals surface area (Å²) < 4.78 is 62.8. The molecule has 0 bridgehead atoms. The summed E-state index contributed by atoms with van der Waals surface area (Å²) in [4.78, 5) is -1.24. The molecule has 0 saturated carbocycles. The van der Waals surface area contributed by atoms with Crippen LogP contribution in [0.25, 0.3) is 0 Å². The molecule has 0 aliphatic rings. The quantitative estimate of drug-likeness (QED) is 0.632. The van der Waals surface area contributed by atoms with E-state index < -0.39 is 32.4 Å². The molecule has 2 aromatic carbocycles. The van der Waals surface area contributed by atoms with E-state index in [9.17, 15) is 26.7 Å². The van der Waals surface area contributed by atoms with Crippen LogP contribution in [0.5, 0.6) is 0 Å². The van der Waals surface area contributed by atoms with Crippen molar-refractivity contribution < 1.29 is 26.7 Å². The first-order valence-electron chi connectivity index (χ1n) is 6.74. The molecule has 9 heteroatoms. The number of halogens is 3. The van der Waals surface area contributed by atoms with Crippen molar-refractivity contribution in [3.8, 4) is 6.07 Å². The first kappa shape index (κ1) is 18.4. The van der Waals surface area contributed by atoms with Crippen molar-refractivity contribution in [2.45, 2.75) is 11.1 Å². The van der Waals surface area contributed by atoms with Crippen LogP contribution in [-0.2, 0) is 16.0 Å². The van der Waals surface area contributed by atoms with Gasteiger partial charge >= 0.3 is 6.18 Å². The first-order valence-corrected chi connectivity index (χ1v) is 8.22. The van der Waals surface area contributed by atoms with Gasteiger partial charge in [0.2, 0.25) is 20.6 Å². The van der Waals surface area contributed by atoms with Gasteiger partial charge in [0, 0.05) is 5.69 Å². The molecule has 0 radical (unpaired) electrons. The van der Waals surface area contributed by atoms with Gasteiger partial charge in [0.25, 0.3) is 0 Å². The average Bonchev–Trinajstić information content (AvgIpc) is 2.55. The van der Waals surface area contributed by atoms with E-state index in [1.54, 1.807) is 6.07 Å². The highest BCUT2D eigenvalue weighted by Gasteiger charge is 2.31. The van der Waals surface area contributed by atoms with E-state index in [1.165, 1.54) is 36.4 Å². The fourth-order valence-electron chi connectivity index (χ4n) is 1.92. The van der Waals surface area contributed by atoms with E-state index in [2.05, 4.69) is 5.32 Å². The maximum atomic E-state index is 12.7. The number of alkyl halides is 3. The largest absolute Gasteiger partial charge is 0.493 e. The lowest BCUT2D eigenvalue weighted by Crippen LogP contribution is -2.12. The van der Waals surface area contributed by atoms with Crippen LogP contribution in [-0.4, -0.2) is 13.5 Å². The summed E-state index contributed by atoms with van der Waals surface area (Å²) in [6, 6.07) is 12.0. The molecule has 5 nitrogen and oxygen atoms in total. The number of aliphatic hydroxyl groups is 1. The zero-order valence-electron chi connectivity index (χ0n) is 12.4. The molecule has 2 rings (SSSR count). The van der Waals surface area contributed by atoms with Crippen molar-refractivity contribution in [1.82, 2.24) is 0 Å². The molecule has 0 fully saturated rings. The fraction of sp³-hybridized carbons (Fsp3) is 0.0625. The third-order valence-corrected chi connectivity index (χ3v) is 4.81. The maximum Gasteiger partial charge on any atom is 0.416 e. The number of hydrogen-bond acceptors (Lipinski definition) is 5. The van der Waals surface area contributed by atoms with Crippen molar-refractivity contribution in [2.75, 3.05) is 5.32 Å². The Kier molecular flexibility index (Phi) is 5.04. The summed E-state index contributed by atoms with van der Waals surface area (Å²) in [6.45, 7) is 0. The topological polar surface area (TPSA) is 90.2 Å². The zero-order valence-corrected chi connectivity index (χ0v) is 13.3. The van der Waals surface area contributed by atoms with Crippen molar-refractivity contribution >= 4 is 15.5 Å². The Morgan fingerprint density at radius 1 is 1.08 bits per heavy atom. The van der Waals surface area contributed by atoms with E-state index in [0.29, 0.717) is 6.07 Å². The minimum Gasteiger partial charge on any atom is -0.493 e. The van der Waals surface area contributed by atoms with Crippen LogP contribution < -0.4 is 5.32 Å². The molecule has 0 spiro atoms. The molecule has 0 saturated heterocycles. The molecule has 0 aliphatic carbocycles. The molecule has 0 unspecified atom stereocenters. The monoisotopic (exact) mass is 368 g/mol. The Labute approximate surface area is 141 Å². The number of benzene rings is 2. The van der Waals surface area contributed by atoms with Crippen LogP contribution in [0.15, 0.2) is 70.3 Å². The zero-order chi connectivity index (χ0) is 18.7. The molecule has 0 aliphatic heterocycles. The summed E-state index contributed by atoms with van der Waals surface area (Å²) >= 11 is 0. The highest BCUT2D eigenvalue weighted by molar-refractivity contribution is 7.95. The van der Waals surface area contributed by atoms with Gasteiger partial charge in [-0.05, 0) is 30.3 Å². The van der Waals surface area contributed by atoms with Crippen LogP contribution in [0, 0.1) is 11.3 Å². The molecular weight excluding hydrogens is 357 g/mol. The highest BCUT2D eigenvalue weighted by atomic mass is 32.2. The Balaban J connectivity index is 2.43. The third kappa shape index (κ3) is 4.10. The number of nitriles is 1. The van der Waals surface area contributed by atoms with E-state index >= 15 is 0 Å². The summed E-state index contributed by atoms with van der Waals surface area (Å²) in [5.74, 6) is -1.06. The third-order valence-electron chi connectivity index (χ3n) is 3.09. The molecule has 2 aromatic rings. The lowest BCUT2D eigenvalue weighted by molar-refractivity contribution is -0.137. The second-order valence-electron chi connectivity index (χ2n) is 4.81. The second kappa shape index (κ2) is 6.86. The highest BCUT2D eigenvalue weighted by Crippen LogP contribution is 2.31. The Morgan fingerprint density at radius 3 is 2.28 bits per heavy atom. The van der Waals surface area contributed by atoms with Gasteiger partial charge in [-0.2, -0.15) is 18.4 Å². The first-order chi connectivity index (χ1) is 11.7. The summed E-state index contributed by atoms with van der Waals surface area (Å²) in [7, 11) is -4.33. The van der Waals surface area contributed by atoms with Crippen LogP contribution in [0.2, 0.25) is 0 Å². The molecule has 130 valence electrons. The number of anilines is 1. The molecule has 0 atom stereocenters. The number of nitrogens with zero attached hydrogens (tertiary/aromatic N) is 1. The fourth-order valence-corrected chi connectivity index (χ4v) is 3.10. The van der Waals surface area contributed by atoms with E-state index in [4.69, 9.17) is 5.26 Å². The van der Waals surface area contributed by atoms with Crippen molar-refractivity contribution in [3.05, 3.63) is 70.9 Å². The number of rotatable bonds is 4. The minimum absolute atomic E-state index is 0.219. The van der Waals surface area contributed by atoms with E-state index in [1.807, 2.05) is 0 Å². The van der Waals surface area contributed by atoms with Crippen molar-refractivity contribution in [3.63, 3.8) is 0 Å².